The van der Waals surface area contributed by atoms with Gasteiger partial charge < -0.3 is 9.52 Å². The van der Waals surface area contributed by atoms with E-state index < -0.39 is 5.60 Å². The molecular formula is C12H18O2. The lowest BCUT2D eigenvalue weighted by Gasteiger charge is -2.38. The predicted molar refractivity (Wildman–Crippen MR) is 54.9 cm³/mol. The zero-order valence-corrected chi connectivity index (χ0v) is 8.70. The summed E-state index contributed by atoms with van der Waals surface area (Å²) in [6.45, 7) is 2.14. The third kappa shape index (κ3) is 1.48. The van der Waals surface area contributed by atoms with Gasteiger partial charge in [-0.1, -0.05) is 26.2 Å². The van der Waals surface area contributed by atoms with Crippen molar-refractivity contribution in [2.45, 2.75) is 44.6 Å². The summed E-state index contributed by atoms with van der Waals surface area (Å²) in [6.07, 6.45) is 6.98. The molecule has 1 aliphatic rings. The van der Waals surface area contributed by atoms with Crippen LogP contribution < -0.4 is 0 Å². The summed E-state index contributed by atoms with van der Waals surface area (Å²) in [5, 5.41) is 10.6. The average Bonchev–Trinajstić information content (AvgIpc) is 2.72. The molecule has 1 aromatic rings. The van der Waals surface area contributed by atoms with Gasteiger partial charge in [0.1, 0.15) is 11.4 Å². The topological polar surface area (TPSA) is 33.4 Å². The summed E-state index contributed by atoms with van der Waals surface area (Å²) in [5.74, 6) is 1.12. The normalized spacial score (nSPS) is 33.1. The lowest BCUT2D eigenvalue weighted by atomic mass is 9.73. The zero-order chi connectivity index (χ0) is 10.0. The fraction of sp³-hybridized carbons (Fsp3) is 0.667. The van der Waals surface area contributed by atoms with Crippen molar-refractivity contribution in [3.05, 3.63) is 24.2 Å². The Balaban J connectivity index is 2.27. The van der Waals surface area contributed by atoms with Gasteiger partial charge in [0.25, 0.3) is 0 Å². The van der Waals surface area contributed by atoms with Crippen LogP contribution in [0.1, 0.15) is 44.8 Å². The van der Waals surface area contributed by atoms with E-state index in [9.17, 15) is 5.11 Å². The third-order valence-electron chi connectivity index (χ3n) is 3.48. The molecule has 14 heavy (non-hydrogen) atoms. The molecule has 2 nitrogen and oxygen atoms in total. The Labute approximate surface area is 84.9 Å². The van der Waals surface area contributed by atoms with Crippen molar-refractivity contribution in [2.75, 3.05) is 0 Å². The van der Waals surface area contributed by atoms with E-state index in [1.165, 1.54) is 6.42 Å². The van der Waals surface area contributed by atoms with E-state index in [0.717, 1.165) is 31.4 Å². The van der Waals surface area contributed by atoms with Crippen molar-refractivity contribution in [2.24, 2.45) is 5.92 Å². The highest BCUT2D eigenvalue weighted by molar-refractivity contribution is 5.12. The molecule has 2 atom stereocenters. The molecule has 0 saturated heterocycles. The lowest BCUT2D eigenvalue weighted by Crippen LogP contribution is -2.37. The molecule has 2 rings (SSSR count). The zero-order valence-electron chi connectivity index (χ0n) is 8.70. The number of hydrogen-bond acceptors (Lipinski definition) is 2. The van der Waals surface area contributed by atoms with Gasteiger partial charge >= 0.3 is 0 Å². The van der Waals surface area contributed by atoms with Crippen molar-refractivity contribution in [1.29, 1.82) is 0 Å². The molecule has 1 heterocycles. The molecule has 1 N–H and O–H groups in total. The van der Waals surface area contributed by atoms with Crippen LogP contribution in [-0.4, -0.2) is 5.11 Å². The van der Waals surface area contributed by atoms with Crippen LogP contribution in [0.5, 0.6) is 0 Å². The van der Waals surface area contributed by atoms with Crippen LogP contribution in [0.15, 0.2) is 22.8 Å². The van der Waals surface area contributed by atoms with Crippen LogP contribution >= 0.6 is 0 Å². The van der Waals surface area contributed by atoms with Gasteiger partial charge in [0, 0.05) is 0 Å². The van der Waals surface area contributed by atoms with E-state index in [1.54, 1.807) is 6.26 Å². The number of hydrogen-bond donors (Lipinski definition) is 1. The minimum Gasteiger partial charge on any atom is -0.466 e. The highest BCUT2D eigenvalue weighted by Gasteiger charge is 2.41. The van der Waals surface area contributed by atoms with Gasteiger partial charge in [-0.05, 0) is 30.9 Å². The van der Waals surface area contributed by atoms with Crippen LogP contribution in [0, 0.1) is 5.92 Å². The molecular weight excluding hydrogens is 176 g/mol. The molecule has 0 aromatic carbocycles. The van der Waals surface area contributed by atoms with Crippen molar-refractivity contribution >= 4 is 0 Å². The smallest absolute Gasteiger partial charge is 0.135 e. The summed E-state index contributed by atoms with van der Waals surface area (Å²) in [5.41, 5.74) is -0.698. The summed E-state index contributed by atoms with van der Waals surface area (Å²) in [7, 11) is 0. The Morgan fingerprint density at radius 3 is 3.07 bits per heavy atom. The molecule has 0 radical (unpaired) electrons. The molecule has 2 heteroatoms. The number of furan rings is 1. The van der Waals surface area contributed by atoms with E-state index in [2.05, 4.69) is 6.92 Å². The second-order valence-electron chi connectivity index (χ2n) is 4.25. The monoisotopic (exact) mass is 194 g/mol. The van der Waals surface area contributed by atoms with Gasteiger partial charge in [-0.3, -0.25) is 0 Å². The van der Waals surface area contributed by atoms with Crippen molar-refractivity contribution in [1.82, 2.24) is 0 Å². The highest BCUT2D eigenvalue weighted by Crippen LogP contribution is 2.43. The maximum absolute atomic E-state index is 10.6. The Morgan fingerprint density at radius 2 is 2.43 bits per heavy atom. The maximum atomic E-state index is 10.6. The molecule has 1 fully saturated rings. The summed E-state index contributed by atoms with van der Waals surface area (Å²) >= 11 is 0. The Bertz CT molecular complexity index is 279. The summed E-state index contributed by atoms with van der Waals surface area (Å²) in [4.78, 5) is 0. The first-order valence-electron chi connectivity index (χ1n) is 5.53. The third-order valence-corrected chi connectivity index (χ3v) is 3.48. The highest BCUT2D eigenvalue weighted by atomic mass is 16.4. The van der Waals surface area contributed by atoms with Gasteiger partial charge in [0.15, 0.2) is 0 Å². The summed E-state index contributed by atoms with van der Waals surface area (Å²) in [6, 6.07) is 3.75. The Kier molecular flexibility index (Phi) is 2.64. The van der Waals surface area contributed by atoms with Crippen molar-refractivity contribution in [3.8, 4) is 0 Å². The first-order valence-corrected chi connectivity index (χ1v) is 5.53. The fourth-order valence-electron chi connectivity index (χ4n) is 2.62. The minimum absolute atomic E-state index is 0.363. The molecule has 0 aliphatic heterocycles. The molecule has 0 spiro atoms. The van der Waals surface area contributed by atoms with Crippen LogP contribution in [0.3, 0.4) is 0 Å². The van der Waals surface area contributed by atoms with Gasteiger partial charge in [0.2, 0.25) is 0 Å². The van der Waals surface area contributed by atoms with E-state index in [4.69, 9.17) is 4.42 Å². The molecule has 0 bridgehead atoms. The first kappa shape index (κ1) is 9.78. The predicted octanol–water partition coefficient (Wildman–Crippen LogP) is 3.07. The van der Waals surface area contributed by atoms with E-state index in [0.29, 0.717) is 5.92 Å². The van der Waals surface area contributed by atoms with Crippen LogP contribution in [-0.2, 0) is 5.60 Å². The second-order valence-corrected chi connectivity index (χ2v) is 4.25. The SMILES string of the molecule is CCC1CCCCC1(O)c1ccco1. The van der Waals surface area contributed by atoms with Crippen LogP contribution in [0.2, 0.25) is 0 Å². The van der Waals surface area contributed by atoms with Crippen LogP contribution in [0.4, 0.5) is 0 Å². The molecule has 0 amide bonds. The van der Waals surface area contributed by atoms with Gasteiger partial charge in [-0.15, -0.1) is 0 Å². The molecule has 1 aliphatic carbocycles. The average molecular weight is 194 g/mol. The van der Waals surface area contributed by atoms with Gasteiger partial charge in [-0.2, -0.15) is 0 Å². The Morgan fingerprint density at radius 1 is 1.57 bits per heavy atom. The van der Waals surface area contributed by atoms with E-state index >= 15 is 0 Å². The second kappa shape index (κ2) is 3.77. The van der Waals surface area contributed by atoms with Crippen LogP contribution in [0.25, 0.3) is 0 Å². The van der Waals surface area contributed by atoms with Crippen molar-refractivity contribution in [3.63, 3.8) is 0 Å². The number of aliphatic hydroxyl groups is 1. The minimum atomic E-state index is -0.698. The fourth-order valence-corrected chi connectivity index (χ4v) is 2.62. The van der Waals surface area contributed by atoms with Crippen molar-refractivity contribution < 1.29 is 9.52 Å². The molecule has 1 aromatic heterocycles. The van der Waals surface area contributed by atoms with Gasteiger partial charge in [0.05, 0.1) is 6.26 Å². The summed E-state index contributed by atoms with van der Waals surface area (Å²) < 4.78 is 5.36. The van der Waals surface area contributed by atoms with Gasteiger partial charge in [-0.25, -0.2) is 0 Å². The standard InChI is InChI=1S/C12H18O2/c1-2-10-6-3-4-8-12(10,13)11-7-5-9-14-11/h5,7,9-10,13H,2-4,6,8H2,1H3. The molecule has 78 valence electrons. The van der Waals surface area contributed by atoms with E-state index in [-0.39, 0.29) is 0 Å². The molecule has 2 unspecified atom stereocenters. The quantitative estimate of drug-likeness (QED) is 0.785. The maximum Gasteiger partial charge on any atom is 0.135 e. The largest absolute Gasteiger partial charge is 0.466 e. The molecule has 1 saturated carbocycles. The lowest BCUT2D eigenvalue weighted by molar-refractivity contribution is -0.0718. The Hall–Kier alpha value is -0.760. The van der Waals surface area contributed by atoms with E-state index in [1.807, 2.05) is 12.1 Å². The number of rotatable bonds is 2. The first-order chi connectivity index (χ1) is 6.77.